The predicted octanol–water partition coefficient (Wildman–Crippen LogP) is 3.97. The van der Waals surface area contributed by atoms with Crippen molar-refractivity contribution in [2.45, 2.75) is 70.9 Å². The van der Waals surface area contributed by atoms with Crippen LogP contribution in [0.1, 0.15) is 27.7 Å². The van der Waals surface area contributed by atoms with Crippen LogP contribution >= 0.6 is 0 Å². The molecule has 1 fully saturated rings. The van der Waals surface area contributed by atoms with Gasteiger partial charge < -0.3 is 9.31 Å². The molecular formula is C13H27BO2Si. The van der Waals surface area contributed by atoms with Gasteiger partial charge in [-0.1, -0.05) is 25.2 Å². The SMILES string of the molecule is C=C(CB1OC(C)(C)C(C)(C)O1)C[Si](C)(C)C. The van der Waals surface area contributed by atoms with Gasteiger partial charge in [0.15, 0.2) is 0 Å². The second-order valence-corrected chi connectivity index (χ2v) is 12.9. The topological polar surface area (TPSA) is 18.5 Å². The maximum Gasteiger partial charge on any atom is 0.462 e. The van der Waals surface area contributed by atoms with Crippen LogP contribution in [0.3, 0.4) is 0 Å². The third kappa shape index (κ3) is 3.97. The maximum absolute atomic E-state index is 5.98. The van der Waals surface area contributed by atoms with Crippen molar-refractivity contribution in [1.82, 2.24) is 0 Å². The van der Waals surface area contributed by atoms with Crippen LogP contribution in [0.25, 0.3) is 0 Å². The first kappa shape index (κ1) is 15.0. The Morgan fingerprint density at radius 2 is 1.47 bits per heavy atom. The van der Waals surface area contributed by atoms with Crippen molar-refractivity contribution in [3.63, 3.8) is 0 Å². The van der Waals surface area contributed by atoms with Crippen molar-refractivity contribution >= 4 is 15.2 Å². The van der Waals surface area contributed by atoms with E-state index < -0.39 is 8.07 Å². The maximum atomic E-state index is 5.98. The molecule has 0 aromatic carbocycles. The highest BCUT2D eigenvalue weighted by Gasteiger charge is 2.50. The van der Waals surface area contributed by atoms with E-state index in [1.54, 1.807) is 0 Å². The monoisotopic (exact) mass is 254 g/mol. The molecular weight excluding hydrogens is 227 g/mol. The highest BCUT2D eigenvalue weighted by molar-refractivity contribution is 6.76. The number of hydrogen-bond acceptors (Lipinski definition) is 2. The Hall–Kier alpha value is -0.0582. The second kappa shape index (κ2) is 4.56. The number of hydrogen-bond donors (Lipinski definition) is 0. The van der Waals surface area contributed by atoms with Crippen LogP contribution in [0.2, 0.25) is 32.0 Å². The molecule has 0 saturated carbocycles. The van der Waals surface area contributed by atoms with Gasteiger partial charge in [0.05, 0.1) is 11.2 Å². The van der Waals surface area contributed by atoms with E-state index in [0.717, 1.165) is 12.4 Å². The van der Waals surface area contributed by atoms with Gasteiger partial charge in [-0.2, -0.15) is 0 Å². The fourth-order valence-electron chi connectivity index (χ4n) is 2.11. The third-order valence-electron chi connectivity index (χ3n) is 3.54. The van der Waals surface area contributed by atoms with Gasteiger partial charge in [0.25, 0.3) is 0 Å². The Bertz CT molecular complexity index is 289. The molecule has 1 aliphatic heterocycles. The molecule has 17 heavy (non-hydrogen) atoms. The normalized spacial score (nSPS) is 22.9. The predicted molar refractivity (Wildman–Crippen MR) is 78.2 cm³/mol. The molecule has 0 aliphatic carbocycles. The van der Waals surface area contributed by atoms with Crippen molar-refractivity contribution < 1.29 is 9.31 Å². The van der Waals surface area contributed by atoms with E-state index in [1.807, 2.05) is 0 Å². The van der Waals surface area contributed by atoms with Gasteiger partial charge in [0.1, 0.15) is 0 Å². The molecule has 0 amide bonds. The van der Waals surface area contributed by atoms with Crippen LogP contribution in [-0.2, 0) is 9.31 Å². The van der Waals surface area contributed by atoms with Crippen LogP contribution in [0.5, 0.6) is 0 Å². The van der Waals surface area contributed by atoms with Gasteiger partial charge in [0.2, 0.25) is 0 Å². The van der Waals surface area contributed by atoms with Crippen molar-refractivity contribution in [1.29, 1.82) is 0 Å². The van der Waals surface area contributed by atoms with Crippen LogP contribution in [0, 0.1) is 0 Å². The zero-order valence-corrected chi connectivity index (χ0v) is 13.5. The standard InChI is InChI=1S/C13H27BO2Si/c1-11(10-17(6,7)8)9-14-15-12(2,3)13(4,5)16-14/h1,9-10H2,2-8H3. The summed E-state index contributed by atoms with van der Waals surface area (Å²) in [6.45, 7) is 19.6. The molecule has 0 unspecified atom stereocenters. The van der Waals surface area contributed by atoms with E-state index >= 15 is 0 Å². The highest BCUT2D eigenvalue weighted by Crippen LogP contribution is 2.38. The molecule has 1 saturated heterocycles. The summed E-state index contributed by atoms with van der Waals surface area (Å²) in [6.07, 6.45) is 0.830. The van der Waals surface area contributed by atoms with Crippen LogP contribution in [0.15, 0.2) is 12.2 Å². The molecule has 0 bridgehead atoms. The number of rotatable bonds is 4. The van der Waals surface area contributed by atoms with E-state index in [1.165, 1.54) is 5.57 Å². The second-order valence-electron chi connectivity index (χ2n) is 7.38. The molecule has 0 atom stereocenters. The largest absolute Gasteiger partial charge is 0.462 e. The molecule has 1 aliphatic rings. The molecule has 4 heteroatoms. The fourth-order valence-corrected chi connectivity index (χ4v) is 3.75. The smallest absolute Gasteiger partial charge is 0.403 e. The third-order valence-corrected chi connectivity index (χ3v) is 5.10. The first-order valence-electron chi connectivity index (χ1n) is 6.45. The summed E-state index contributed by atoms with van der Waals surface area (Å²) in [4.78, 5) is 0. The molecule has 0 N–H and O–H groups in total. The van der Waals surface area contributed by atoms with Crippen LogP contribution in [-0.4, -0.2) is 26.4 Å². The van der Waals surface area contributed by atoms with E-state index in [-0.39, 0.29) is 18.3 Å². The fraction of sp³-hybridized carbons (Fsp3) is 0.846. The van der Waals surface area contributed by atoms with Crippen LogP contribution in [0.4, 0.5) is 0 Å². The Balaban J connectivity index is 2.54. The molecule has 0 aromatic rings. The zero-order valence-electron chi connectivity index (χ0n) is 12.5. The molecule has 98 valence electrons. The summed E-state index contributed by atoms with van der Waals surface area (Å²) in [7, 11) is -1.20. The van der Waals surface area contributed by atoms with Crippen molar-refractivity contribution in [3.05, 3.63) is 12.2 Å². The molecule has 0 spiro atoms. The molecule has 1 rings (SSSR count). The lowest BCUT2D eigenvalue weighted by atomic mass is 9.81. The first-order valence-corrected chi connectivity index (χ1v) is 10.2. The zero-order chi connectivity index (χ0) is 13.5. The minimum absolute atomic E-state index is 0.121. The quantitative estimate of drug-likeness (QED) is 0.558. The van der Waals surface area contributed by atoms with E-state index in [2.05, 4.69) is 53.9 Å². The van der Waals surface area contributed by atoms with Crippen molar-refractivity contribution in [2.75, 3.05) is 0 Å². The van der Waals surface area contributed by atoms with E-state index in [4.69, 9.17) is 9.31 Å². The van der Waals surface area contributed by atoms with Gasteiger partial charge in [-0.3, -0.25) is 0 Å². The lowest BCUT2D eigenvalue weighted by Crippen LogP contribution is -2.41. The Kier molecular flexibility index (Phi) is 4.02. The van der Waals surface area contributed by atoms with E-state index in [9.17, 15) is 0 Å². The van der Waals surface area contributed by atoms with Gasteiger partial charge in [-0.25, -0.2) is 0 Å². The first-order chi connectivity index (χ1) is 7.43. The van der Waals surface area contributed by atoms with Crippen molar-refractivity contribution in [3.8, 4) is 0 Å². The minimum Gasteiger partial charge on any atom is -0.403 e. The van der Waals surface area contributed by atoms with E-state index in [0.29, 0.717) is 0 Å². The summed E-state index contributed by atoms with van der Waals surface area (Å²) >= 11 is 0. The van der Waals surface area contributed by atoms with Gasteiger partial charge in [-0.15, -0.1) is 6.58 Å². The van der Waals surface area contributed by atoms with Gasteiger partial charge in [-0.05, 0) is 33.7 Å². The summed E-state index contributed by atoms with van der Waals surface area (Å²) in [5, 5.41) is 0. The Labute approximate surface area is 108 Å². The van der Waals surface area contributed by atoms with Gasteiger partial charge >= 0.3 is 7.12 Å². The molecule has 0 radical (unpaired) electrons. The lowest BCUT2D eigenvalue weighted by molar-refractivity contribution is 0.00578. The van der Waals surface area contributed by atoms with Gasteiger partial charge in [0, 0.05) is 14.4 Å². The average Bonchev–Trinajstić information content (AvgIpc) is 2.13. The molecule has 1 heterocycles. The lowest BCUT2D eigenvalue weighted by Gasteiger charge is -2.32. The summed E-state index contributed by atoms with van der Waals surface area (Å²) < 4.78 is 12.0. The highest BCUT2D eigenvalue weighted by atomic mass is 28.3. The number of allylic oxidation sites excluding steroid dienone is 1. The Morgan fingerprint density at radius 3 is 1.82 bits per heavy atom. The summed E-state index contributed by atoms with van der Waals surface area (Å²) in [5.41, 5.74) is 0.816. The van der Waals surface area contributed by atoms with Crippen molar-refractivity contribution in [2.24, 2.45) is 0 Å². The summed E-state index contributed by atoms with van der Waals surface area (Å²) in [6, 6.07) is 1.15. The Morgan fingerprint density at radius 1 is 1.06 bits per heavy atom. The average molecular weight is 254 g/mol. The van der Waals surface area contributed by atoms with Crippen LogP contribution < -0.4 is 0 Å². The molecule has 0 aromatic heterocycles. The summed E-state index contributed by atoms with van der Waals surface area (Å²) in [5.74, 6) is 0. The minimum atomic E-state index is -1.07. The molecule has 2 nitrogen and oxygen atoms in total.